The SMILES string of the molecule is C/C=C/CCNC(=O)c1ccc(F)c(Br)c1. The van der Waals surface area contributed by atoms with E-state index in [2.05, 4.69) is 21.2 Å². The van der Waals surface area contributed by atoms with E-state index in [-0.39, 0.29) is 11.7 Å². The first-order chi connectivity index (χ1) is 7.65. The molecule has 0 saturated carbocycles. The van der Waals surface area contributed by atoms with Crippen molar-refractivity contribution >= 4 is 21.8 Å². The molecule has 4 heteroatoms. The highest BCUT2D eigenvalue weighted by molar-refractivity contribution is 9.10. The van der Waals surface area contributed by atoms with E-state index in [9.17, 15) is 9.18 Å². The molecule has 0 saturated heterocycles. The molecule has 0 aliphatic carbocycles. The summed E-state index contributed by atoms with van der Waals surface area (Å²) in [6, 6.07) is 4.20. The van der Waals surface area contributed by atoms with Gasteiger partial charge in [0.25, 0.3) is 5.91 Å². The van der Waals surface area contributed by atoms with E-state index >= 15 is 0 Å². The zero-order valence-electron chi connectivity index (χ0n) is 8.97. The number of hydrogen-bond acceptors (Lipinski definition) is 1. The lowest BCUT2D eigenvalue weighted by molar-refractivity contribution is 0.0954. The van der Waals surface area contributed by atoms with Crippen LogP contribution in [-0.4, -0.2) is 12.5 Å². The Morgan fingerprint density at radius 2 is 2.31 bits per heavy atom. The molecule has 86 valence electrons. The van der Waals surface area contributed by atoms with Gasteiger partial charge in [-0.05, 0) is 47.5 Å². The number of carbonyl (C=O) groups is 1. The lowest BCUT2D eigenvalue weighted by Gasteiger charge is -2.04. The van der Waals surface area contributed by atoms with E-state index in [1.807, 2.05) is 19.1 Å². The molecule has 1 aromatic rings. The Hall–Kier alpha value is -1.16. The summed E-state index contributed by atoms with van der Waals surface area (Å²) in [6.07, 6.45) is 4.70. The summed E-state index contributed by atoms with van der Waals surface area (Å²) in [5.41, 5.74) is 0.453. The van der Waals surface area contributed by atoms with Crippen LogP contribution in [0.15, 0.2) is 34.8 Å². The number of benzene rings is 1. The number of halogens is 2. The molecule has 0 aromatic heterocycles. The monoisotopic (exact) mass is 285 g/mol. The first-order valence-electron chi connectivity index (χ1n) is 4.99. The highest BCUT2D eigenvalue weighted by Crippen LogP contribution is 2.16. The molecule has 2 nitrogen and oxygen atoms in total. The Morgan fingerprint density at radius 3 is 2.94 bits per heavy atom. The Bertz CT molecular complexity index is 404. The van der Waals surface area contributed by atoms with Crippen molar-refractivity contribution in [1.29, 1.82) is 0 Å². The molecule has 0 unspecified atom stereocenters. The molecule has 1 aromatic carbocycles. The van der Waals surface area contributed by atoms with E-state index in [1.54, 1.807) is 0 Å². The zero-order valence-corrected chi connectivity index (χ0v) is 10.6. The minimum absolute atomic E-state index is 0.190. The average Bonchev–Trinajstić information content (AvgIpc) is 2.28. The predicted molar refractivity (Wildman–Crippen MR) is 65.9 cm³/mol. The normalized spacial score (nSPS) is 10.7. The second-order valence-corrected chi connectivity index (χ2v) is 4.10. The van der Waals surface area contributed by atoms with Crippen molar-refractivity contribution in [3.63, 3.8) is 0 Å². The van der Waals surface area contributed by atoms with Crippen molar-refractivity contribution in [2.75, 3.05) is 6.54 Å². The molecule has 0 atom stereocenters. The summed E-state index contributed by atoms with van der Waals surface area (Å²) in [5.74, 6) is -0.560. The summed E-state index contributed by atoms with van der Waals surface area (Å²) in [5, 5.41) is 2.75. The summed E-state index contributed by atoms with van der Waals surface area (Å²) in [4.78, 5) is 11.6. The fourth-order valence-electron chi connectivity index (χ4n) is 1.18. The van der Waals surface area contributed by atoms with Crippen molar-refractivity contribution in [1.82, 2.24) is 5.32 Å². The summed E-state index contributed by atoms with van der Waals surface area (Å²) >= 11 is 3.04. The second kappa shape index (κ2) is 6.43. The fourth-order valence-corrected chi connectivity index (χ4v) is 1.55. The van der Waals surface area contributed by atoms with E-state index in [1.165, 1.54) is 18.2 Å². The summed E-state index contributed by atoms with van der Waals surface area (Å²) < 4.78 is 13.2. The molecular weight excluding hydrogens is 273 g/mol. The van der Waals surface area contributed by atoms with Crippen molar-refractivity contribution in [2.45, 2.75) is 13.3 Å². The molecular formula is C12H13BrFNO. The minimum atomic E-state index is -0.370. The van der Waals surface area contributed by atoms with Gasteiger partial charge in [0.15, 0.2) is 0 Å². The molecule has 0 spiro atoms. The Morgan fingerprint density at radius 1 is 1.56 bits per heavy atom. The van der Waals surface area contributed by atoms with Gasteiger partial charge in [0.05, 0.1) is 4.47 Å². The quantitative estimate of drug-likeness (QED) is 0.668. The van der Waals surface area contributed by atoms with Crippen molar-refractivity contribution in [3.8, 4) is 0 Å². The number of hydrogen-bond donors (Lipinski definition) is 1. The van der Waals surface area contributed by atoms with E-state index in [0.29, 0.717) is 16.6 Å². The third-order valence-electron chi connectivity index (χ3n) is 2.01. The van der Waals surface area contributed by atoms with Crippen LogP contribution in [0.5, 0.6) is 0 Å². The van der Waals surface area contributed by atoms with Crippen molar-refractivity contribution in [2.24, 2.45) is 0 Å². The first-order valence-corrected chi connectivity index (χ1v) is 5.79. The maximum atomic E-state index is 12.9. The molecule has 0 heterocycles. The lowest BCUT2D eigenvalue weighted by Crippen LogP contribution is -2.24. The van der Waals surface area contributed by atoms with Crippen LogP contribution in [0.4, 0.5) is 4.39 Å². The Kier molecular flexibility index (Phi) is 5.19. The molecule has 0 aliphatic rings. The zero-order chi connectivity index (χ0) is 12.0. The second-order valence-electron chi connectivity index (χ2n) is 3.24. The molecule has 0 bridgehead atoms. The molecule has 0 fully saturated rings. The van der Waals surface area contributed by atoms with Gasteiger partial charge in [0.1, 0.15) is 5.82 Å². The van der Waals surface area contributed by atoms with Crippen LogP contribution in [-0.2, 0) is 0 Å². The van der Waals surface area contributed by atoms with Crippen LogP contribution in [0.2, 0.25) is 0 Å². The van der Waals surface area contributed by atoms with Gasteiger partial charge < -0.3 is 5.32 Å². The van der Waals surface area contributed by atoms with E-state index in [4.69, 9.17) is 0 Å². The standard InChI is InChI=1S/C12H13BrFNO/c1-2-3-4-7-15-12(16)9-5-6-11(14)10(13)8-9/h2-3,5-6,8H,4,7H2,1H3,(H,15,16)/b3-2+. The van der Waals surface area contributed by atoms with Crippen LogP contribution >= 0.6 is 15.9 Å². The molecule has 0 radical (unpaired) electrons. The molecule has 16 heavy (non-hydrogen) atoms. The number of nitrogens with one attached hydrogen (secondary N) is 1. The van der Waals surface area contributed by atoms with Crippen LogP contribution in [0.3, 0.4) is 0 Å². The van der Waals surface area contributed by atoms with Crippen LogP contribution in [0, 0.1) is 5.82 Å². The van der Waals surface area contributed by atoms with Gasteiger partial charge in [-0.3, -0.25) is 4.79 Å². The largest absolute Gasteiger partial charge is 0.352 e. The minimum Gasteiger partial charge on any atom is -0.352 e. The fraction of sp³-hybridized carbons (Fsp3) is 0.250. The van der Waals surface area contributed by atoms with E-state index in [0.717, 1.165) is 6.42 Å². The third-order valence-corrected chi connectivity index (χ3v) is 2.62. The number of allylic oxidation sites excluding steroid dienone is 1. The lowest BCUT2D eigenvalue weighted by atomic mass is 10.2. The van der Waals surface area contributed by atoms with Gasteiger partial charge in [0, 0.05) is 12.1 Å². The van der Waals surface area contributed by atoms with Gasteiger partial charge in [-0.25, -0.2) is 4.39 Å². The first kappa shape index (κ1) is 12.9. The summed E-state index contributed by atoms with van der Waals surface area (Å²) in [7, 11) is 0. The van der Waals surface area contributed by atoms with Gasteiger partial charge in [-0.15, -0.1) is 0 Å². The summed E-state index contributed by atoms with van der Waals surface area (Å²) in [6.45, 7) is 2.51. The van der Waals surface area contributed by atoms with Crippen molar-refractivity contribution < 1.29 is 9.18 Å². The van der Waals surface area contributed by atoms with E-state index < -0.39 is 0 Å². The van der Waals surface area contributed by atoms with Crippen molar-refractivity contribution in [3.05, 3.63) is 46.2 Å². The number of rotatable bonds is 4. The predicted octanol–water partition coefficient (Wildman–Crippen LogP) is 3.28. The maximum absolute atomic E-state index is 12.9. The van der Waals surface area contributed by atoms with Crippen LogP contribution in [0.1, 0.15) is 23.7 Å². The number of carbonyl (C=O) groups excluding carboxylic acids is 1. The van der Waals surface area contributed by atoms with Gasteiger partial charge in [0.2, 0.25) is 0 Å². The van der Waals surface area contributed by atoms with Gasteiger partial charge in [-0.2, -0.15) is 0 Å². The Labute approximate surface area is 103 Å². The molecule has 0 aliphatic heterocycles. The van der Waals surface area contributed by atoms with Gasteiger partial charge in [-0.1, -0.05) is 12.2 Å². The smallest absolute Gasteiger partial charge is 0.251 e. The van der Waals surface area contributed by atoms with Crippen LogP contribution in [0.25, 0.3) is 0 Å². The highest BCUT2D eigenvalue weighted by Gasteiger charge is 2.07. The maximum Gasteiger partial charge on any atom is 0.251 e. The molecule has 1 amide bonds. The van der Waals surface area contributed by atoms with Gasteiger partial charge >= 0.3 is 0 Å². The topological polar surface area (TPSA) is 29.1 Å². The number of amides is 1. The Balaban J connectivity index is 2.56. The third kappa shape index (κ3) is 3.77. The molecule has 1 N–H and O–H groups in total. The average molecular weight is 286 g/mol. The van der Waals surface area contributed by atoms with Crippen LogP contribution < -0.4 is 5.32 Å². The molecule has 1 rings (SSSR count). The highest BCUT2D eigenvalue weighted by atomic mass is 79.9.